The van der Waals surface area contributed by atoms with Gasteiger partial charge in [0, 0.05) is 72.4 Å². The molecule has 0 radical (unpaired) electrons. The van der Waals surface area contributed by atoms with Crippen molar-refractivity contribution in [2.24, 2.45) is 0 Å². The number of H-pyrrole nitrogens is 2. The quantitative estimate of drug-likeness (QED) is 0.571. The van der Waals surface area contributed by atoms with E-state index in [2.05, 4.69) is 51.3 Å². The molecule has 0 fully saturated rings. The van der Waals surface area contributed by atoms with Gasteiger partial charge in [-0.2, -0.15) is 0 Å². The number of aromatic nitrogens is 2. The largest absolute Gasteiger partial charge is 0.378 e. The van der Waals surface area contributed by atoms with Crippen LogP contribution in [-0.2, 0) is 13.0 Å². The molecule has 4 aromatic rings. The van der Waals surface area contributed by atoms with E-state index in [0.717, 1.165) is 35.1 Å². The van der Waals surface area contributed by atoms with Crippen LogP contribution in [0.25, 0.3) is 21.8 Å². The van der Waals surface area contributed by atoms with Crippen LogP contribution in [0, 0.1) is 0 Å². The second-order valence-corrected chi connectivity index (χ2v) is 7.45. The predicted octanol–water partition coefficient (Wildman–Crippen LogP) is 3.91. The zero-order valence-corrected chi connectivity index (χ0v) is 15.5. The van der Waals surface area contributed by atoms with Crippen molar-refractivity contribution in [2.45, 2.75) is 13.0 Å². The molecule has 0 saturated heterocycles. The van der Waals surface area contributed by atoms with Crippen LogP contribution in [0.5, 0.6) is 0 Å². The first-order chi connectivity index (χ1) is 13.1. The van der Waals surface area contributed by atoms with Gasteiger partial charge in [0.15, 0.2) is 0 Å². The molecular weight excluding hydrogens is 336 g/mol. The van der Waals surface area contributed by atoms with E-state index in [1.807, 2.05) is 31.1 Å². The van der Waals surface area contributed by atoms with Crippen LogP contribution in [0.4, 0.5) is 5.69 Å². The Morgan fingerprint density at radius 2 is 1.89 bits per heavy atom. The summed E-state index contributed by atoms with van der Waals surface area (Å²) in [6.45, 7) is 1.38. The van der Waals surface area contributed by atoms with Crippen LogP contribution in [0.15, 0.2) is 48.5 Å². The average molecular weight is 358 g/mol. The van der Waals surface area contributed by atoms with Crippen molar-refractivity contribution in [1.82, 2.24) is 14.9 Å². The van der Waals surface area contributed by atoms with E-state index in [1.165, 1.54) is 16.6 Å². The Hall–Kier alpha value is -3.21. The molecule has 0 unspecified atom stereocenters. The van der Waals surface area contributed by atoms with Crippen molar-refractivity contribution in [3.8, 4) is 0 Å². The number of carbonyl (C=O) groups excluding carboxylic acids is 1. The van der Waals surface area contributed by atoms with Crippen molar-refractivity contribution in [2.75, 3.05) is 25.5 Å². The highest BCUT2D eigenvalue weighted by molar-refractivity contribution is 5.99. The summed E-state index contributed by atoms with van der Waals surface area (Å²) in [6.07, 6.45) is 0.862. The second-order valence-electron chi connectivity index (χ2n) is 7.45. The lowest BCUT2D eigenvalue weighted by molar-refractivity contribution is 0.0730. The molecule has 5 heteroatoms. The predicted molar refractivity (Wildman–Crippen MR) is 109 cm³/mol. The van der Waals surface area contributed by atoms with Gasteiger partial charge in [0.1, 0.15) is 5.69 Å². The Bertz CT molecular complexity index is 1170. The molecule has 3 heterocycles. The van der Waals surface area contributed by atoms with Crippen molar-refractivity contribution in [3.05, 3.63) is 65.5 Å². The molecule has 2 aromatic heterocycles. The van der Waals surface area contributed by atoms with E-state index in [-0.39, 0.29) is 5.91 Å². The summed E-state index contributed by atoms with van der Waals surface area (Å²) in [6, 6.07) is 16.5. The number of fused-ring (bicyclic) bond motifs is 4. The fraction of sp³-hybridized carbons (Fsp3) is 0.227. The second kappa shape index (κ2) is 5.91. The molecule has 136 valence electrons. The lowest BCUT2D eigenvalue weighted by atomic mass is 10.0. The fourth-order valence-corrected chi connectivity index (χ4v) is 4.02. The number of aromatic amines is 2. The van der Waals surface area contributed by atoms with Crippen LogP contribution in [0.2, 0.25) is 0 Å². The Morgan fingerprint density at radius 3 is 2.74 bits per heavy atom. The standard InChI is InChI=1S/C22H22N4O/c1-25(2)15-8-7-14-11-21(24-20(14)12-15)22(27)26-10-9-19-17(13-26)16-5-3-4-6-18(16)23-19/h3-8,11-12,23-24H,9-10,13H2,1-2H3. The lowest BCUT2D eigenvalue weighted by Crippen LogP contribution is -2.35. The van der Waals surface area contributed by atoms with E-state index >= 15 is 0 Å². The highest BCUT2D eigenvalue weighted by Gasteiger charge is 2.25. The molecule has 0 saturated carbocycles. The normalized spacial score (nSPS) is 13.9. The number of rotatable bonds is 2. The molecule has 1 aliphatic rings. The Balaban J connectivity index is 1.47. The summed E-state index contributed by atoms with van der Waals surface area (Å²) in [5.41, 5.74) is 6.42. The molecule has 27 heavy (non-hydrogen) atoms. The van der Waals surface area contributed by atoms with Crippen molar-refractivity contribution < 1.29 is 4.79 Å². The topological polar surface area (TPSA) is 55.1 Å². The fourth-order valence-electron chi connectivity index (χ4n) is 4.02. The third-order valence-electron chi connectivity index (χ3n) is 5.52. The van der Waals surface area contributed by atoms with Crippen LogP contribution in [0.1, 0.15) is 21.7 Å². The summed E-state index contributed by atoms with van der Waals surface area (Å²) in [5, 5.41) is 2.28. The summed E-state index contributed by atoms with van der Waals surface area (Å²) in [5.74, 6) is 0.0635. The van der Waals surface area contributed by atoms with Gasteiger partial charge in [0.05, 0.1) is 0 Å². The molecule has 5 nitrogen and oxygen atoms in total. The number of carbonyl (C=O) groups is 1. The number of para-hydroxylation sites is 1. The molecule has 2 N–H and O–H groups in total. The molecule has 1 aliphatic heterocycles. The Morgan fingerprint density at radius 1 is 1.04 bits per heavy atom. The number of benzene rings is 2. The van der Waals surface area contributed by atoms with Gasteiger partial charge in [-0.3, -0.25) is 4.79 Å². The van der Waals surface area contributed by atoms with Gasteiger partial charge in [-0.25, -0.2) is 0 Å². The maximum atomic E-state index is 13.1. The van der Waals surface area contributed by atoms with Gasteiger partial charge in [-0.15, -0.1) is 0 Å². The summed E-state index contributed by atoms with van der Waals surface area (Å²) < 4.78 is 0. The summed E-state index contributed by atoms with van der Waals surface area (Å²) >= 11 is 0. The lowest BCUT2D eigenvalue weighted by Gasteiger charge is -2.26. The van der Waals surface area contributed by atoms with Crippen molar-refractivity contribution in [3.63, 3.8) is 0 Å². The van der Waals surface area contributed by atoms with Gasteiger partial charge in [0.25, 0.3) is 5.91 Å². The molecule has 0 atom stereocenters. The van der Waals surface area contributed by atoms with Gasteiger partial charge >= 0.3 is 0 Å². The maximum absolute atomic E-state index is 13.1. The molecule has 5 rings (SSSR count). The van der Waals surface area contributed by atoms with Crippen LogP contribution in [-0.4, -0.2) is 41.4 Å². The maximum Gasteiger partial charge on any atom is 0.270 e. The van der Waals surface area contributed by atoms with Gasteiger partial charge < -0.3 is 19.8 Å². The van der Waals surface area contributed by atoms with Crippen LogP contribution >= 0.6 is 0 Å². The van der Waals surface area contributed by atoms with Crippen molar-refractivity contribution >= 4 is 33.4 Å². The minimum atomic E-state index is 0.0635. The zero-order chi connectivity index (χ0) is 18.5. The molecule has 0 bridgehead atoms. The number of hydrogen-bond acceptors (Lipinski definition) is 2. The van der Waals surface area contributed by atoms with Gasteiger partial charge in [-0.05, 0) is 24.3 Å². The monoisotopic (exact) mass is 358 g/mol. The highest BCUT2D eigenvalue weighted by atomic mass is 16.2. The molecule has 0 spiro atoms. The first-order valence-electron chi connectivity index (χ1n) is 9.28. The third-order valence-corrected chi connectivity index (χ3v) is 5.52. The SMILES string of the molecule is CN(C)c1ccc2cc(C(=O)N3CCc4[nH]c5ccccc5c4C3)[nH]c2c1. The minimum absolute atomic E-state index is 0.0635. The van der Waals surface area contributed by atoms with E-state index in [1.54, 1.807) is 0 Å². The molecule has 0 aliphatic carbocycles. The Labute approximate surface area is 157 Å². The van der Waals surface area contributed by atoms with E-state index in [4.69, 9.17) is 0 Å². The zero-order valence-electron chi connectivity index (χ0n) is 15.5. The molecule has 2 aromatic carbocycles. The van der Waals surface area contributed by atoms with E-state index < -0.39 is 0 Å². The van der Waals surface area contributed by atoms with Crippen molar-refractivity contribution in [1.29, 1.82) is 0 Å². The number of anilines is 1. The summed E-state index contributed by atoms with van der Waals surface area (Å²) in [7, 11) is 4.03. The molecular formula is C22H22N4O. The summed E-state index contributed by atoms with van der Waals surface area (Å²) in [4.78, 5) is 24.0. The Kier molecular flexibility index (Phi) is 3.50. The third kappa shape index (κ3) is 2.58. The number of amides is 1. The van der Waals surface area contributed by atoms with E-state index in [9.17, 15) is 4.79 Å². The number of nitrogens with one attached hydrogen (secondary N) is 2. The number of hydrogen-bond donors (Lipinski definition) is 2. The molecule has 1 amide bonds. The van der Waals surface area contributed by atoms with Gasteiger partial charge in [0.2, 0.25) is 0 Å². The smallest absolute Gasteiger partial charge is 0.270 e. The van der Waals surface area contributed by atoms with E-state index in [0.29, 0.717) is 12.2 Å². The van der Waals surface area contributed by atoms with Crippen LogP contribution < -0.4 is 4.90 Å². The highest BCUT2D eigenvalue weighted by Crippen LogP contribution is 2.29. The first kappa shape index (κ1) is 16.0. The average Bonchev–Trinajstić information content (AvgIpc) is 3.27. The minimum Gasteiger partial charge on any atom is -0.378 e. The number of nitrogens with zero attached hydrogens (tertiary/aromatic N) is 2. The first-order valence-corrected chi connectivity index (χ1v) is 9.28. The van der Waals surface area contributed by atoms with Crippen LogP contribution in [0.3, 0.4) is 0 Å². The van der Waals surface area contributed by atoms with Gasteiger partial charge in [-0.1, -0.05) is 24.3 Å².